The summed E-state index contributed by atoms with van der Waals surface area (Å²) in [5, 5.41) is 30.3. The van der Waals surface area contributed by atoms with Crippen molar-refractivity contribution in [1.82, 2.24) is 42.2 Å². The first-order chi connectivity index (χ1) is 36.1. The highest BCUT2D eigenvalue weighted by Crippen LogP contribution is 2.26. The van der Waals surface area contributed by atoms with Gasteiger partial charge in [-0.15, -0.1) is 0 Å². The number of primary amides is 1. The van der Waals surface area contributed by atoms with Gasteiger partial charge in [0.25, 0.3) is 0 Å². The zero-order chi connectivity index (χ0) is 56.1. The largest absolute Gasteiger partial charge is 0.480 e. The van der Waals surface area contributed by atoms with Gasteiger partial charge in [0, 0.05) is 48.1 Å². The molecule has 1 heterocycles. The molecule has 0 aliphatic carbocycles. The molecule has 412 valence electrons. The van der Waals surface area contributed by atoms with Crippen LogP contribution in [0.15, 0.2) is 77.8 Å². The van der Waals surface area contributed by atoms with Gasteiger partial charge in [0.15, 0.2) is 5.96 Å². The number of aliphatic imine (C=N–C) groups is 1. The molecule has 0 saturated carbocycles. The molecule has 0 radical (unpaired) electrons. The molecule has 4 rings (SSSR count). The number of carboxylic acid groups (broad SMARTS) is 1. The van der Waals surface area contributed by atoms with Crippen LogP contribution in [-0.4, -0.2) is 125 Å². The lowest BCUT2D eigenvalue weighted by molar-refractivity contribution is -0.144. The molecular formula is C53H75N13O10. The Hall–Kier alpha value is -8.08. The quantitative estimate of drug-likeness (QED) is 0.0184. The van der Waals surface area contributed by atoms with E-state index in [0.717, 1.165) is 21.8 Å². The van der Waals surface area contributed by atoms with Gasteiger partial charge in [0.2, 0.25) is 47.3 Å². The van der Waals surface area contributed by atoms with Crippen LogP contribution in [0.1, 0.15) is 90.7 Å². The summed E-state index contributed by atoms with van der Waals surface area (Å²) >= 11 is 0. The van der Waals surface area contributed by atoms with Gasteiger partial charge in [0.05, 0.1) is 6.42 Å². The van der Waals surface area contributed by atoms with Crippen LogP contribution in [-0.2, 0) is 56.0 Å². The van der Waals surface area contributed by atoms with E-state index >= 15 is 0 Å². The van der Waals surface area contributed by atoms with Gasteiger partial charge in [-0.25, -0.2) is 4.79 Å². The van der Waals surface area contributed by atoms with Crippen LogP contribution in [0, 0.1) is 11.8 Å². The predicted molar refractivity (Wildman–Crippen MR) is 287 cm³/mol. The topological polar surface area (TPSA) is 390 Å². The van der Waals surface area contributed by atoms with Gasteiger partial charge in [0.1, 0.15) is 42.3 Å². The zero-order valence-electron chi connectivity index (χ0n) is 43.8. The van der Waals surface area contributed by atoms with E-state index in [0.29, 0.717) is 30.4 Å². The smallest absolute Gasteiger partial charge is 0.326 e. The minimum Gasteiger partial charge on any atom is -0.480 e. The summed E-state index contributed by atoms with van der Waals surface area (Å²) in [4.78, 5) is 129. The van der Waals surface area contributed by atoms with E-state index in [9.17, 15) is 48.3 Å². The fourth-order valence-electron chi connectivity index (χ4n) is 8.52. The zero-order valence-corrected chi connectivity index (χ0v) is 43.8. The average molecular weight is 1050 g/mol. The van der Waals surface area contributed by atoms with Crippen molar-refractivity contribution in [3.8, 4) is 0 Å². The highest BCUT2D eigenvalue weighted by atomic mass is 16.4. The van der Waals surface area contributed by atoms with E-state index in [1.54, 1.807) is 64.1 Å². The predicted octanol–water partition coefficient (Wildman–Crippen LogP) is 0.365. The number of fused-ring (bicyclic) bond motifs is 3. The van der Waals surface area contributed by atoms with Crippen LogP contribution in [0.25, 0.3) is 21.8 Å². The van der Waals surface area contributed by atoms with E-state index in [1.807, 2.05) is 36.4 Å². The number of H-pyrrole nitrogens is 1. The van der Waals surface area contributed by atoms with E-state index in [-0.39, 0.29) is 57.1 Å². The number of aromatic amines is 1. The van der Waals surface area contributed by atoms with Crippen LogP contribution in [0.4, 0.5) is 0 Å². The monoisotopic (exact) mass is 1050 g/mol. The second-order valence-corrected chi connectivity index (χ2v) is 19.3. The van der Waals surface area contributed by atoms with Crippen molar-refractivity contribution in [3.63, 3.8) is 0 Å². The van der Waals surface area contributed by atoms with Gasteiger partial charge in [-0.05, 0) is 73.7 Å². The van der Waals surface area contributed by atoms with Crippen molar-refractivity contribution < 1.29 is 48.3 Å². The molecule has 23 heteroatoms. The molecule has 0 aliphatic heterocycles. The first-order valence-corrected chi connectivity index (χ1v) is 25.5. The number of para-hydroxylation sites is 1. The van der Waals surface area contributed by atoms with Crippen molar-refractivity contribution in [2.24, 2.45) is 39.8 Å². The third kappa shape index (κ3) is 18.7. The summed E-state index contributed by atoms with van der Waals surface area (Å²) in [7, 11) is 0. The maximum absolute atomic E-state index is 14.9. The van der Waals surface area contributed by atoms with Crippen LogP contribution < -0.4 is 60.2 Å². The number of aliphatic carboxylic acids is 1. The molecule has 0 bridgehead atoms. The summed E-state index contributed by atoms with van der Waals surface area (Å²) in [5.74, 6) is -8.83. The Morgan fingerprint density at radius 1 is 0.579 bits per heavy atom. The molecule has 17 N–H and O–H groups in total. The number of guanidine groups is 1. The molecule has 76 heavy (non-hydrogen) atoms. The second-order valence-electron chi connectivity index (χ2n) is 19.3. The Kier molecular flexibility index (Phi) is 23.6. The third-order valence-electron chi connectivity index (χ3n) is 12.8. The number of carbonyl (C=O) groups is 9. The number of nitrogens with zero attached hydrogens (tertiary/aromatic N) is 1. The Bertz CT molecular complexity index is 2690. The lowest BCUT2D eigenvalue weighted by atomic mass is 9.98. The third-order valence-corrected chi connectivity index (χ3v) is 12.8. The molecule has 0 fully saturated rings. The fraction of sp³-hybridized carbons (Fsp3) is 0.472. The van der Waals surface area contributed by atoms with E-state index < -0.39 is 108 Å². The van der Waals surface area contributed by atoms with Crippen molar-refractivity contribution in [2.75, 3.05) is 13.1 Å². The van der Waals surface area contributed by atoms with Crippen LogP contribution in [0.2, 0.25) is 0 Å². The summed E-state index contributed by atoms with van der Waals surface area (Å²) in [6.07, 6.45) is 0.385. The van der Waals surface area contributed by atoms with E-state index in [1.165, 1.54) is 6.92 Å². The number of benzene rings is 3. The number of nitrogens with one attached hydrogen (secondary N) is 8. The molecule has 0 aliphatic rings. The Morgan fingerprint density at radius 3 is 1.67 bits per heavy atom. The molecule has 1 aromatic heterocycles. The Morgan fingerprint density at radius 2 is 1.11 bits per heavy atom. The molecule has 3 aromatic carbocycles. The fourth-order valence-corrected chi connectivity index (χ4v) is 8.52. The van der Waals surface area contributed by atoms with Gasteiger partial charge in [-0.2, -0.15) is 0 Å². The lowest BCUT2D eigenvalue weighted by Gasteiger charge is -2.28. The first-order valence-electron chi connectivity index (χ1n) is 25.5. The van der Waals surface area contributed by atoms with Crippen LogP contribution in [0.5, 0.6) is 0 Å². The highest BCUT2D eigenvalue weighted by Gasteiger charge is 2.36. The van der Waals surface area contributed by atoms with Gasteiger partial charge >= 0.3 is 5.97 Å². The first kappa shape index (κ1) is 60.5. The molecule has 0 spiro atoms. The molecule has 8 atom stereocenters. The number of rotatable bonds is 31. The normalized spacial score (nSPS) is 14.4. The SMILES string of the molecule is CC[C@H](C)[C@H](NC(=O)[C@H](CC(N)=O)NC(=O)[C@H](CCCCN)NC(=O)[C@H](Cc1ccc2c(c1)[nH]c1ccccc12)NC(=O)[C@H](Cc1ccccc1)NC(=O)[C@H](CCCN=C(N)N)NC(=O)[C@@H](NC(C)=O)C(C)C)C(=O)O. The number of carboxylic acids is 1. The standard InChI is InChI=1S/C53H75N13O10/c1-6-30(4)45(52(75)76)66-50(73)42(28-43(55)68)65-46(69)37(19-12-13-23-54)61-48(71)41(27-33-21-22-35-34-17-10-11-18-36(34)60-39(35)26-33)64-49(72)40(25-32-15-8-7-9-16-32)63-47(70)38(20-14-24-58-53(56)57)62-51(74)44(29(2)3)59-31(5)67/h7-11,15-18,21-22,26,29-30,37-38,40-42,44-45,60H,6,12-14,19-20,23-25,27-28,54H2,1-5H3,(H2,55,68)(H,59,67)(H,61,71)(H,62,74)(H,63,70)(H,64,72)(H,65,69)(H,66,73)(H,75,76)(H4,56,57,58)/t30-,37-,38-,40-,41-,42-,44-,45-/m0/s1. The second kappa shape index (κ2) is 29.7. The van der Waals surface area contributed by atoms with Gasteiger partial charge in [-0.3, -0.25) is 43.3 Å². The summed E-state index contributed by atoms with van der Waals surface area (Å²) in [6, 6.07) is 12.4. The summed E-state index contributed by atoms with van der Waals surface area (Å²) in [5.41, 5.74) is 25.2. The molecule has 0 unspecified atom stereocenters. The van der Waals surface area contributed by atoms with Crippen molar-refractivity contribution in [2.45, 2.75) is 135 Å². The summed E-state index contributed by atoms with van der Waals surface area (Å²) in [6.45, 7) is 8.39. The lowest BCUT2D eigenvalue weighted by Crippen LogP contribution is -2.61. The van der Waals surface area contributed by atoms with Crippen molar-refractivity contribution in [1.29, 1.82) is 0 Å². The molecular weight excluding hydrogens is 979 g/mol. The number of nitrogens with two attached hydrogens (primary N) is 4. The van der Waals surface area contributed by atoms with Crippen LogP contribution in [0.3, 0.4) is 0 Å². The van der Waals surface area contributed by atoms with Crippen molar-refractivity contribution in [3.05, 3.63) is 83.9 Å². The van der Waals surface area contributed by atoms with Crippen LogP contribution >= 0.6 is 0 Å². The molecule has 23 nitrogen and oxygen atoms in total. The number of amides is 8. The maximum atomic E-state index is 14.9. The number of unbranched alkanes of at least 4 members (excludes halogenated alkanes) is 1. The number of hydrogen-bond acceptors (Lipinski definition) is 11. The minimum absolute atomic E-state index is 0.00769. The number of carbonyl (C=O) groups excluding carboxylic acids is 8. The highest BCUT2D eigenvalue weighted by molar-refractivity contribution is 6.07. The number of hydrogen-bond donors (Lipinski definition) is 13. The van der Waals surface area contributed by atoms with Crippen molar-refractivity contribution >= 4 is 81.0 Å². The van der Waals surface area contributed by atoms with Gasteiger partial charge < -0.3 is 70.2 Å². The van der Waals surface area contributed by atoms with E-state index in [4.69, 9.17) is 22.9 Å². The molecule has 0 saturated heterocycles. The van der Waals surface area contributed by atoms with Gasteiger partial charge in [-0.1, -0.05) is 94.8 Å². The molecule has 8 amide bonds. The average Bonchev–Trinajstić information content (AvgIpc) is 3.74. The Balaban J connectivity index is 1.75. The molecule has 4 aromatic rings. The minimum atomic E-state index is -1.63. The number of aromatic nitrogens is 1. The summed E-state index contributed by atoms with van der Waals surface area (Å²) < 4.78 is 0. The Labute approximate surface area is 441 Å². The maximum Gasteiger partial charge on any atom is 0.326 e. The van der Waals surface area contributed by atoms with E-state index in [2.05, 4.69) is 47.2 Å².